The molecule has 3 rings (SSSR count). The Kier molecular flexibility index (Phi) is 6.34. The number of carbonyl (C=O) groups is 2. The summed E-state index contributed by atoms with van der Waals surface area (Å²) in [6.45, 7) is 5.99. The Morgan fingerprint density at radius 3 is 2.52 bits per heavy atom. The molecule has 152 valence electrons. The predicted molar refractivity (Wildman–Crippen MR) is 115 cm³/mol. The molecule has 0 aliphatic rings. The highest BCUT2D eigenvalue weighted by molar-refractivity contribution is 7.18. The summed E-state index contributed by atoms with van der Waals surface area (Å²) in [6, 6.07) is 8.05. The predicted octanol–water partition coefficient (Wildman–Crippen LogP) is 4.10. The number of hydrogen-bond donors (Lipinski definition) is 3. The van der Waals surface area contributed by atoms with Crippen LogP contribution < -0.4 is 10.6 Å². The summed E-state index contributed by atoms with van der Waals surface area (Å²) < 4.78 is 0. The van der Waals surface area contributed by atoms with Crippen LogP contribution >= 0.6 is 22.9 Å². The molecule has 0 radical (unpaired) electrons. The summed E-state index contributed by atoms with van der Waals surface area (Å²) in [5, 5.41) is 16.1. The molecule has 1 amide bonds. The molecule has 0 spiro atoms. The fourth-order valence-electron chi connectivity index (χ4n) is 2.85. The van der Waals surface area contributed by atoms with E-state index in [1.54, 1.807) is 37.3 Å². The van der Waals surface area contributed by atoms with E-state index in [-0.39, 0.29) is 11.2 Å². The van der Waals surface area contributed by atoms with Crippen molar-refractivity contribution >= 4 is 50.8 Å². The Bertz CT molecular complexity index is 1050. The molecular weight excluding hydrogens is 412 g/mol. The molecule has 1 unspecified atom stereocenters. The average Bonchev–Trinajstić information content (AvgIpc) is 3.03. The number of hydrogen-bond acceptors (Lipinski definition) is 6. The maximum absolute atomic E-state index is 12.3. The Morgan fingerprint density at radius 2 is 1.90 bits per heavy atom. The number of anilines is 1. The van der Waals surface area contributed by atoms with Gasteiger partial charge in [0.25, 0.3) is 5.91 Å². The number of halogens is 1. The molecule has 2 heterocycles. The number of fused-ring (bicyclic) bond motifs is 1. The van der Waals surface area contributed by atoms with Gasteiger partial charge in [-0.05, 0) is 48.2 Å². The zero-order valence-electron chi connectivity index (χ0n) is 16.2. The van der Waals surface area contributed by atoms with Gasteiger partial charge in [0.05, 0.1) is 5.39 Å². The van der Waals surface area contributed by atoms with Crippen LogP contribution in [0.3, 0.4) is 0 Å². The summed E-state index contributed by atoms with van der Waals surface area (Å²) >= 11 is 7.57. The number of rotatable bonds is 7. The first-order chi connectivity index (χ1) is 13.7. The second-order valence-electron chi connectivity index (χ2n) is 7.00. The first kappa shape index (κ1) is 21.0. The zero-order valence-corrected chi connectivity index (χ0v) is 17.8. The van der Waals surface area contributed by atoms with Crippen molar-refractivity contribution in [2.24, 2.45) is 5.92 Å². The number of aryl methyl sites for hydroxylation is 1. The number of carbonyl (C=O) groups excluding carboxylic acids is 1. The lowest BCUT2D eigenvalue weighted by Gasteiger charge is -2.18. The summed E-state index contributed by atoms with van der Waals surface area (Å²) in [5.41, 5.74) is 1.34. The van der Waals surface area contributed by atoms with E-state index < -0.39 is 17.9 Å². The summed E-state index contributed by atoms with van der Waals surface area (Å²) in [5.74, 6) is -1.01. The second-order valence-corrected chi connectivity index (χ2v) is 8.57. The van der Waals surface area contributed by atoms with E-state index >= 15 is 0 Å². The van der Waals surface area contributed by atoms with Crippen LogP contribution in [0.25, 0.3) is 10.2 Å². The number of amides is 1. The number of carboxylic acid groups (broad SMARTS) is 1. The lowest BCUT2D eigenvalue weighted by molar-refractivity contribution is -0.140. The van der Waals surface area contributed by atoms with E-state index in [0.717, 1.165) is 20.7 Å². The monoisotopic (exact) mass is 432 g/mol. The van der Waals surface area contributed by atoms with Gasteiger partial charge < -0.3 is 15.7 Å². The van der Waals surface area contributed by atoms with Gasteiger partial charge in [0, 0.05) is 17.0 Å². The van der Waals surface area contributed by atoms with Crippen LogP contribution in [0.2, 0.25) is 5.28 Å². The van der Waals surface area contributed by atoms with Crippen molar-refractivity contribution in [1.29, 1.82) is 0 Å². The van der Waals surface area contributed by atoms with Crippen LogP contribution in [-0.2, 0) is 11.3 Å². The molecule has 0 bridgehead atoms. The van der Waals surface area contributed by atoms with Crippen molar-refractivity contribution < 1.29 is 14.7 Å². The lowest BCUT2D eigenvalue weighted by Crippen LogP contribution is -2.44. The number of nitrogens with one attached hydrogen (secondary N) is 2. The topological polar surface area (TPSA) is 104 Å². The largest absolute Gasteiger partial charge is 0.480 e. The van der Waals surface area contributed by atoms with Crippen molar-refractivity contribution in [3.63, 3.8) is 0 Å². The summed E-state index contributed by atoms with van der Waals surface area (Å²) in [6.07, 6.45) is 0. The Hall–Kier alpha value is -2.71. The molecule has 0 aliphatic carbocycles. The molecule has 0 saturated carbocycles. The molecule has 9 heteroatoms. The third-order valence-electron chi connectivity index (χ3n) is 4.38. The molecule has 2 aromatic heterocycles. The van der Waals surface area contributed by atoms with Gasteiger partial charge >= 0.3 is 5.97 Å². The highest BCUT2D eigenvalue weighted by Gasteiger charge is 2.23. The van der Waals surface area contributed by atoms with Gasteiger partial charge in [-0.1, -0.05) is 26.0 Å². The van der Waals surface area contributed by atoms with Crippen LogP contribution in [0.15, 0.2) is 30.3 Å². The van der Waals surface area contributed by atoms with Crippen LogP contribution in [0.5, 0.6) is 0 Å². The number of aliphatic carboxylic acids is 1. The first-order valence-corrected chi connectivity index (χ1v) is 10.2. The minimum atomic E-state index is -1.05. The molecule has 7 nitrogen and oxygen atoms in total. The minimum Gasteiger partial charge on any atom is -0.480 e. The number of nitrogens with zero attached hydrogens (tertiary/aromatic N) is 2. The van der Waals surface area contributed by atoms with Crippen LogP contribution in [-0.4, -0.2) is 33.0 Å². The van der Waals surface area contributed by atoms with Crippen molar-refractivity contribution in [1.82, 2.24) is 15.3 Å². The molecule has 0 fully saturated rings. The van der Waals surface area contributed by atoms with Gasteiger partial charge in [-0.2, -0.15) is 0 Å². The zero-order chi connectivity index (χ0) is 21.1. The van der Waals surface area contributed by atoms with Gasteiger partial charge in [0.2, 0.25) is 5.28 Å². The molecule has 0 saturated heterocycles. The highest BCUT2D eigenvalue weighted by Crippen LogP contribution is 2.29. The van der Waals surface area contributed by atoms with Crippen LogP contribution in [0.1, 0.15) is 34.6 Å². The molecule has 1 aromatic carbocycles. The molecule has 0 aliphatic heterocycles. The maximum Gasteiger partial charge on any atom is 0.326 e. The van der Waals surface area contributed by atoms with E-state index in [2.05, 4.69) is 20.6 Å². The summed E-state index contributed by atoms with van der Waals surface area (Å²) in [7, 11) is 0. The van der Waals surface area contributed by atoms with E-state index in [0.29, 0.717) is 17.9 Å². The minimum absolute atomic E-state index is 0.187. The van der Waals surface area contributed by atoms with Crippen molar-refractivity contribution in [2.45, 2.75) is 33.4 Å². The van der Waals surface area contributed by atoms with Crippen molar-refractivity contribution in [3.8, 4) is 0 Å². The number of thiophene rings is 1. The number of aromatic nitrogens is 2. The number of carboxylic acids is 1. The van der Waals surface area contributed by atoms with E-state index in [1.807, 2.05) is 25.1 Å². The van der Waals surface area contributed by atoms with Crippen LogP contribution in [0, 0.1) is 12.8 Å². The van der Waals surface area contributed by atoms with Gasteiger partial charge in [0.15, 0.2) is 0 Å². The lowest BCUT2D eigenvalue weighted by atomic mass is 10.0. The normalized spacial score (nSPS) is 12.2. The number of benzene rings is 1. The van der Waals surface area contributed by atoms with Gasteiger partial charge in [-0.15, -0.1) is 11.3 Å². The Balaban J connectivity index is 1.68. The van der Waals surface area contributed by atoms with E-state index in [9.17, 15) is 14.7 Å². The molecular formula is C20H21ClN4O3S. The van der Waals surface area contributed by atoms with Gasteiger partial charge in [-0.25, -0.2) is 14.8 Å². The molecule has 1 atom stereocenters. The standard InChI is InChI=1S/C20H21ClN4O3S/c1-10(2)15(19(27)28)23-17(26)13-6-4-12(5-7-13)9-22-16-14-8-11(3)29-18(14)25-20(21)24-16/h4-8,10,15H,9H2,1-3H3,(H,23,26)(H,27,28)(H,22,24,25). The van der Waals surface area contributed by atoms with Crippen molar-refractivity contribution in [2.75, 3.05) is 5.32 Å². The van der Waals surface area contributed by atoms with Gasteiger partial charge in [0.1, 0.15) is 16.7 Å². The molecule has 29 heavy (non-hydrogen) atoms. The quantitative estimate of drug-likeness (QED) is 0.485. The fourth-order valence-corrected chi connectivity index (χ4v) is 3.95. The first-order valence-electron chi connectivity index (χ1n) is 9.04. The summed E-state index contributed by atoms with van der Waals surface area (Å²) in [4.78, 5) is 34.0. The van der Waals surface area contributed by atoms with E-state index in [1.165, 1.54) is 0 Å². The van der Waals surface area contributed by atoms with Gasteiger partial charge in [-0.3, -0.25) is 4.79 Å². The fraction of sp³-hybridized carbons (Fsp3) is 0.300. The van der Waals surface area contributed by atoms with Crippen molar-refractivity contribution in [3.05, 3.63) is 51.6 Å². The molecule has 3 aromatic rings. The average molecular weight is 433 g/mol. The van der Waals surface area contributed by atoms with Crippen LogP contribution in [0.4, 0.5) is 5.82 Å². The van der Waals surface area contributed by atoms with E-state index in [4.69, 9.17) is 11.6 Å². The highest BCUT2D eigenvalue weighted by atomic mass is 35.5. The third-order valence-corrected chi connectivity index (χ3v) is 5.50. The smallest absolute Gasteiger partial charge is 0.326 e. The maximum atomic E-state index is 12.3. The molecule has 3 N–H and O–H groups in total. The Labute approximate surface area is 177 Å². The second kappa shape index (κ2) is 8.75. The SMILES string of the molecule is Cc1cc2c(NCc3ccc(C(=O)NC(C(=O)O)C(C)C)cc3)nc(Cl)nc2s1. The third kappa shape index (κ3) is 5.02. The Morgan fingerprint density at radius 1 is 1.21 bits per heavy atom.